The van der Waals surface area contributed by atoms with E-state index in [4.69, 9.17) is 9.15 Å². The molecule has 0 bridgehead atoms. The molecule has 1 fully saturated rings. The Morgan fingerprint density at radius 2 is 2.39 bits per heavy atom. The van der Waals surface area contributed by atoms with E-state index in [0.717, 1.165) is 37.4 Å². The van der Waals surface area contributed by atoms with E-state index in [9.17, 15) is 4.79 Å². The molecule has 0 aromatic carbocycles. The van der Waals surface area contributed by atoms with Gasteiger partial charge in [0, 0.05) is 44.5 Å². The molecule has 1 aliphatic rings. The Bertz CT molecular complexity index is 662. The number of ether oxygens (including phenoxy) is 1. The molecule has 0 aliphatic carbocycles. The van der Waals surface area contributed by atoms with Gasteiger partial charge in [0.25, 0.3) is 0 Å². The predicted octanol–water partition coefficient (Wildman–Crippen LogP) is 2.25. The van der Waals surface area contributed by atoms with Gasteiger partial charge >= 0.3 is 5.97 Å². The Hall–Kier alpha value is -2.08. The Morgan fingerprint density at radius 1 is 1.52 bits per heavy atom. The molecule has 23 heavy (non-hydrogen) atoms. The van der Waals surface area contributed by atoms with Crippen LogP contribution in [0.1, 0.15) is 34.8 Å². The van der Waals surface area contributed by atoms with Crippen LogP contribution in [0.5, 0.6) is 0 Å². The number of likely N-dealkylation sites (tertiary alicyclic amines) is 1. The number of furan rings is 1. The van der Waals surface area contributed by atoms with Gasteiger partial charge in [-0.05, 0) is 31.4 Å². The third-order valence-corrected chi connectivity index (χ3v) is 4.51. The zero-order valence-corrected chi connectivity index (χ0v) is 13.7. The molecule has 1 saturated heterocycles. The Kier molecular flexibility index (Phi) is 4.81. The largest absolute Gasteiger partial charge is 0.463 e. The van der Waals surface area contributed by atoms with Crippen molar-refractivity contribution >= 4 is 5.97 Å². The van der Waals surface area contributed by atoms with Gasteiger partial charge in [-0.15, -0.1) is 0 Å². The second-order valence-electron chi connectivity index (χ2n) is 6.17. The van der Waals surface area contributed by atoms with E-state index in [2.05, 4.69) is 14.5 Å². The first-order valence-electron chi connectivity index (χ1n) is 8.00. The average Bonchev–Trinajstić information content (AvgIpc) is 3.17. The molecule has 6 heteroatoms. The summed E-state index contributed by atoms with van der Waals surface area (Å²) in [6.45, 7) is 2.78. The molecule has 0 saturated carbocycles. The number of piperidine rings is 1. The Balaban J connectivity index is 1.62. The number of hydrogen-bond donors (Lipinski definition) is 0. The third-order valence-electron chi connectivity index (χ3n) is 4.51. The summed E-state index contributed by atoms with van der Waals surface area (Å²) >= 11 is 0. The molecule has 0 N–H and O–H groups in total. The van der Waals surface area contributed by atoms with Crippen molar-refractivity contribution in [3.8, 4) is 0 Å². The van der Waals surface area contributed by atoms with Crippen molar-refractivity contribution in [3.05, 3.63) is 41.9 Å². The van der Waals surface area contributed by atoms with E-state index in [1.165, 1.54) is 20.0 Å². The molecule has 3 rings (SSSR count). The van der Waals surface area contributed by atoms with E-state index in [-0.39, 0.29) is 0 Å². The highest BCUT2D eigenvalue weighted by Crippen LogP contribution is 2.23. The van der Waals surface area contributed by atoms with Crippen molar-refractivity contribution in [1.82, 2.24) is 14.5 Å². The number of rotatable bonds is 5. The van der Waals surface area contributed by atoms with Crippen molar-refractivity contribution in [2.24, 2.45) is 13.0 Å². The summed E-state index contributed by atoms with van der Waals surface area (Å²) in [5.41, 5.74) is 0.898. The average molecular weight is 317 g/mol. The van der Waals surface area contributed by atoms with Crippen LogP contribution in [-0.2, 0) is 24.8 Å². The van der Waals surface area contributed by atoms with Crippen LogP contribution in [-0.4, -0.2) is 40.6 Å². The third kappa shape index (κ3) is 3.64. The lowest BCUT2D eigenvalue weighted by Crippen LogP contribution is -2.36. The van der Waals surface area contributed by atoms with E-state index >= 15 is 0 Å². The number of hydrogen-bond acceptors (Lipinski definition) is 5. The van der Waals surface area contributed by atoms with E-state index < -0.39 is 5.97 Å². The second-order valence-corrected chi connectivity index (χ2v) is 6.17. The highest BCUT2D eigenvalue weighted by atomic mass is 16.5. The normalized spacial score (nSPS) is 19.0. The van der Waals surface area contributed by atoms with Crippen LogP contribution in [0.2, 0.25) is 0 Å². The molecule has 0 amide bonds. The lowest BCUT2D eigenvalue weighted by Gasteiger charge is -2.32. The quantitative estimate of drug-likeness (QED) is 0.792. The summed E-state index contributed by atoms with van der Waals surface area (Å²) in [7, 11) is 3.41. The van der Waals surface area contributed by atoms with Gasteiger partial charge in [-0.1, -0.05) is 0 Å². The molecule has 1 aliphatic heterocycles. The number of aryl methyl sites for hydroxylation is 1. The van der Waals surface area contributed by atoms with Gasteiger partial charge < -0.3 is 13.7 Å². The summed E-state index contributed by atoms with van der Waals surface area (Å²) in [5, 5.41) is 0. The van der Waals surface area contributed by atoms with Crippen molar-refractivity contribution in [2.45, 2.75) is 25.8 Å². The monoisotopic (exact) mass is 317 g/mol. The van der Waals surface area contributed by atoms with Gasteiger partial charge in [-0.3, -0.25) is 4.90 Å². The van der Waals surface area contributed by atoms with Gasteiger partial charge in [0.1, 0.15) is 5.82 Å². The van der Waals surface area contributed by atoms with Crippen LogP contribution >= 0.6 is 0 Å². The van der Waals surface area contributed by atoms with Crippen molar-refractivity contribution in [3.63, 3.8) is 0 Å². The summed E-state index contributed by atoms with van der Waals surface area (Å²) in [5.74, 6) is 1.64. The fraction of sp³-hybridized carbons (Fsp3) is 0.529. The van der Waals surface area contributed by atoms with Gasteiger partial charge in [0.2, 0.25) is 5.76 Å². The molecule has 2 aromatic rings. The number of nitrogens with zero attached hydrogens (tertiary/aromatic N) is 3. The summed E-state index contributed by atoms with van der Waals surface area (Å²) in [4.78, 5) is 18.5. The number of imidazole rings is 1. The molecule has 6 nitrogen and oxygen atoms in total. The van der Waals surface area contributed by atoms with Crippen LogP contribution in [0, 0.1) is 5.92 Å². The predicted molar refractivity (Wildman–Crippen MR) is 85.0 cm³/mol. The van der Waals surface area contributed by atoms with E-state index in [1.807, 2.05) is 25.5 Å². The van der Waals surface area contributed by atoms with E-state index in [1.54, 1.807) is 6.26 Å². The van der Waals surface area contributed by atoms with Crippen LogP contribution in [0.15, 0.2) is 29.1 Å². The number of methoxy groups -OCH3 is 1. The molecule has 1 atom stereocenters. The summed E-state index contributed by atoms with van der Waals surface area (Å²) in [6, 6.07) is 1.86. The second kappa shape index (κ2) is 7.00. The lowest BCUT2D eigenvalue weighted by molar-refractivity contribution is 0.0560. The number of carbonyl (C=O) groups is 1. The fourth-order valence-corrected chi connectivity index (χ4v) is 3.29. The van der Waals surface area contributed by atoms with Gasteiger partial charge in [0.05, 0.1) is 13.4 Å². The molecular formula is C17H23N3O3. The fourth-order valence-electron chi connectivity index (χ4n) is 3.29. The summed E-state index contributed by atoms with van der Waals surface area (Å²) < 4.78 is 12.1. The van der Waals surface area contributed by atoms with Crippen molar-refractivity contribution in [2.75, 3.05) is 20.2 Å². The van der Waals surface area contributed by atoms with Gasteiger partial charge in [-0.25, -0.2) is 9.78 Å². The van der Waals surface area contributed by atoms with Crippen molar-refractivity contribution in [1.29, 1.82) is 0 Å². The van der Waals surface area contributed by atoms with E-state index in [0.29, 0.717) is 11.7 Å². The van der Waals surface area contributed by atoms with Crippen LogP contribution in [0.25, 0.3) is 0 Å². The zero-order chi connectivity index (χ0) is 16.2. The van der Waals surface area contributed by atoms with Crippen LogP contribution in [0.3, 0.4) is 0 Å². The maximum Gasteiger partial charge on any atom is 0.374 e. The molecular weight excluding hydrogens is 294 g/mol. The van der Waals surface area contributed by atoms with Crippen LogP contribution < -0.4 is 0 Å². The number of carbonyl (C=O) groups excluding carboxylic acids is 1. The zero-order valence-electron chi connectivity index (χ0n) is 13.7. The highest BCUT2D eigenvalue weighted by Gasteiger charge is 2.24. The minimum atomic E-state index is -0.411. The highest BCUT2D eigenvalue weighted by molar-refractivity contribution is 5.87. The van der Waals surface area contributed by atoms with Gasteiger partial charge in [0.15, 0.2) is 0 Å². The molecule has 124 valence electrons. The lowest BCUT2D eigenvalue weighted by atomic mass is 9.94. The summed E-state index contributed by atoms with van der Waals surface area (Å²) in [6.07, 6.45) is 8.78. The molecule has 3 heterocycles. The Morgan fingerprint density at radius 3 is 3.13 bits per heavy atom. The maximum absolute atomic E-state index is 11.7. The molecule has 0 unspecified atom stereocenters. The number of aromatic nitrogens is 2. The minimum Gasteiger partial charge on any atom is -0.463 e. The minimum absolute atomic E-state index is 0.318. The smallest absolute Gasteiger partial charge is 0.374 e. The number of esters is 1. The standard InChI is InChI=1S/C17H23N3O3/c1-19-8-6-18-15(19)10-13-4-3-7-20(11-13)12-14-5-9-23-16(14)17(21)22-2/h5-6,8-9,13H,3-4,7,10-12H2,1-2H3/t13-/m1/s1. The Labute approximate surface area is 136 Å². The first-order valence-corrected chi connectivity index (χ1v) is 8.00. The molecule has 0 spiro atoms. The first kappa shape index (κ1) is 15.8. The van der Waals surface area contributed by atoms with Crippen molar-refractivity contribution < 1.29 is 13.9 Å². The van der Waals surface area contributed by atoms with Gasteiger partial charge in [-0.2, -0.15) is 0 Å². The molecule has 0 radical (unpaired) electrons. The topological polar surface area (TPSA) is 60.5 Å². The molecule has 2 aromatic heterocycles. The van der Waals surface area contributed by atoms with Crippen LogP contribution in [0.4, 0.5) is 0 Å². The first-order chi connectivity index (χ1) is 11.2. The SMILES string of the molecule is COC(=O)c1occc1CN1CCC[C@H](Cc2nccn2C)C1. The maximum atomic E-state index is 11.7.